The highest BCUT2D eigenvalue weighted by atomic mass is 35.5. The van der Waals surface area contributed by atoms with Crippen LogP contribution in [0.2, 0.25) is 0 Å². The van der Waals surface area contributed by atoms with Gasteiger partial charge in [0.1, 0.15) is 5.82 Å². The second kappa shape index (κ2) is 5.02. The number of rotatable bonds is 3. The van der Waals surface area contributed by atoms with E-state index in [1.54, 1.807) is 6.20 Å². The molecule has 0 radical (unpaired) electrons. The quantitative estimate of drug-likeness (QED) is 0.825. The van der Waals surface area contributed by atoms with Crippen LogP contribution in [0.4, 0.5) is 5.82 Å². The van der Waals surface area contributed by atoms with Crippen molar-refractivity contribution in [1.82, 2.24) is 4.98 Å². The lowest BCUT2D eigenvalue weighted by molar-refractivity contribution is 0.0666. The Bertz CT molecular complexity index is 351. The van der Waals surface area contributed by atoms with Gasteiger partial charge in [0.25, 0.3) is 0 Å². The van der Waals surface area contributed by atoms with E-state index < -0.39 is 0 Å². The lowest BCUT2D eigenvalue weighted by Gasteiger charge is -2.37. The first-order chi connectivity index (χ1) is 7.76. The van der Waals surface area contributed by atoms with Crippen LogP contribution in [0.15, 0.2) is 18.3 Å². The highest BCUT2D eigenvalue weighted by molar-refractivity contribution is 6.18. The van der Waals surface area contributed by atoms with Crippen molar-refractivity contribution in [2.24, 2.45) is 0 Å². The molecule has 3 nitrogen and oxygen atoms in total. The van der Waals surface area contributed by atoms with Gasteiger partial charge in [-0.25, -0.2) is 4.98 Å². The van der Waals surface area contributed by atoms with Gasteiger partial charge in [0.15, 0.2) is 0 Å². The van der Waals surface area contributed by atoms with Crippen LogP contribution in [0.5, 0.6) is 0 Å². The van der Waals surface area contributed by atoms with Gasteiger partial charge in [0.05, 0.1) is 5.54 Å². The first-order valence-corrected chi connectivity index (χ1v) is 6.13. The molecule has 88 valence electrons. The Hall–Kier alpha value is -0.800. The van der Waals surface area contributed by atoms with Crippen molar-refractivity contribution in [3.8, 4) is 0 Å². The number of anilines is 1. The van der Waals surface area contributed by atoms with E-state index in [9.17, 15) is 0 Å². The number of nitrogens with zero attached hydrogens (tertiary/aromatic N) is 1. The highest BCUT2D eigenvalue weighted by Gasteiger charge is 2.32. The van der Waals surface area contributed by atoms with Gasteiger partial charge in [-0.1, -0.05) is 6.07 Å². The molecule has 1 aliphatic rings. The first kappa shape index (κ1) is 11.7. The van der Waals surface area contributed by atoms with E-state index in [2.05, 4.69) is 23.3 Å². The van der Waals surface area contributed by atoms with Gasteiger partial charge in [-0.15, -0.1) is 11.6 Å². The van der Waals surface area contributed by atoms with Crippen molar-refractivity contribution in [1.29, 1.82) is 0 Å². The third-order valence-corrected chi connectivity index (χ3v) is 3.61. The van der Waals surface area contributed by atoms with Crippen LogP contribution in [0, 0.1) is 6.92 Å². The summed E-state index contributed by atoms with van der Waals surface area (Å²) in [5, 5.41) is 3.49. The van der Waals surface area contributed by atoms with Crippen molar-refractivity contribution < 1.29 is 4.74 Å². The number of aromatic nitrogens is 1. The fourth-order valence-electron chi connectivity index (χ4n) is 1.92. The summed E-state index contributed by atoms with van der Waals surface area (Å²) in [6, 6.07) is 3.99. The van der Waals surface area contributed by atoms with Gasteiger partial charge in [0, 0.05) is 25.3 Å². The third kappa shape index (κ3) is 2.47. The number of ether oxygens (including phenoxy) is 1. The molecule has 16 heavy (non-hydrogen) atoms. The normalized spacial score (nSPS) is 19.4. The molecule has 1 aliphatic heterocycles. The minimum absolute atomic E-state index is 0.0566. The molecule has 1 fully saturated rings. The Balaban J connectivity index is 2.15. The predicted molar refractivity (Wildman–Crippen MR) is 66.1 cm³/mol. The summed E-state index contributed by atoms with van der Waals surface area (Å²) in [4.78, 5) is 4.35. The minimum Gasteiger partial charge on any atom is -0.381 e. The standard InChI is InChI=1S/C12H17ClN2O/c1-10-3-2-6-14-11(10)15-12(9-13)4-7-16-8-5-12/h2-3,6H,4-5,7-9H2,1H3,(H,14,15). The minimum atomic E-state index is -0.0566. The van der Waals surface area contributed by atoms with Crippen LogP contribution in [-0.2, 0) is 4.74 Å². The fourth-order valence-corrected chi connectivity index (χ4v) is 2.26. The summed E-state index contributed by atoms with van der Waals surface area (Å²) >= 11 is 6.09. The van der Waals surface area contributed by atoms with Crippen molar-refractivity contribution in [3.05, 3.63) is 23.9 Å². The highest BCUT2D eigenvalue weighted by Crippen LogP contribution is 2.27. The molecule has 2 rings (SSSR count). The lowest BCUT2D eigenvalue weighted by Crippen LogP contribution is -2.45. The SMILES string of the molecule is Cc1cccnc1NC1(CCl)CCOCC1. The Labute approximate surface area is 101 Å². The average molecular weight is 241 g/mol. The number of halogens is 1. The van der Waals surface area contributed by atoms with Crippen LogP contribution in [0.25, 0.3) is 0 Å². The van der Waals surface area contributed by atoms with Gasteiger partial charge in [0.2, 0.25) is 0 Å². The van der Waals surface area contributed by atoms with Crippen LogP contribution in [-0.4, -0.2) is 29.6 Å². The molecule has 4 heteroatoms. The average Bonchev–Trinajstić information content (AvgIpc) is 2.33. The van der Waals surface area contributed by atoms with Crippen molar-refractivity contribution in [3.63, 3.8) is 0 Å². The summed E-state index contributed by atoms with van der Waals surface area (Å²) < 4.78 is 5.38. The number of alkyl halides is 1. The maximum atomic E-state index is 6.09. The molecular weight excluding hydrogens is 224 g/mol. The van der Waals surface area contributed by atoms with Gasteiger partial charge in [-0.3, -0.25) is 0 Å². The van der Waals surface area contributed by atoms with E-state index in [-0.39, 0.29) is 5.54 Å². The summed E-state index contributed by atoms with van der Waals surface area (Å²) in [5.41, 5.74) is 1.09. The summed E-state index contributed by atoms with van der Waals surface area (Å²) in [6.45, 7) is 3.59. The topological polar surface area (TPSA) is 34.2 Å². The van der Waals surface area contributed by atoms with Gasteiger partial charge >= 0.3 is 0 Å². The molecule has 2 heterocycles. The van der Waals surface area contributed by atoms with Crippen LogP contribution in [0.1, 0.15) is 18.4 Å². The molecule has 1 N–H and O–H groups in total. The molecule has 0 aliphatic carbocycles. The van der Waals surface area contributed by atoms with Crippen molar-refractivity contribution in [2.45, 2.75) is 25.3 Å². The number of aryl methyl sites for hydroxylation is 1. The largest absolute Gasteiger partial charge is 0.381 e. The zero-order chi connectivity index (χ0) is 11.4. The van der Waals surface area contributed by atoms with E-state index in [1.165, 1.54) is 0 Å². The van der Waals surface area contributed by atoms with Crippen LogP contribution < -0.4 is 5.32 Å². The molecule has 0 aromatic carbocycles. The number of hydrogen-bond acceptors (Lipinski definition) is 3. The monoisotopic (exact) mass is 240 g/mol. The molecule has 0 amide bonds. The molecule has 0 unspecified atom stereocenters. The number of pyridine rings is 1. The summed E-state index contributed by atoms with van der Waals surface area (Å²) in [7, 11) is 0. The smallest absolute Gasteiger partial charge is 0.129 e. The molecule has 0 saturated carbocycles. The summed E-state index contributed by atoms with van der Waals surface area (Å²) in [5.74, 6) is 1.52. The van der Waals surface area contributed by atoms with E-state index in [0.717, 1.165) is 37.4 Å². The maximum absolute atomic E-state index is 6.09. The van der Waals surface area contributed by atoms with Crippen LogP contribution in [0.3, 0.4) is 0 Å². The van der Waals surface area contributed by atoms with E-state index in [0.29, 0.717) is 5.88 Å². The Morgan fingerprint density at radius 3 is 2.88 bits per heavy atom. The molecule has 1 saturated heterocycles. The van der Waals surface area contributed by atoms with Gasteiger partial charge < -0.3 is 10.1 Å². The molecule has 1 aromatic rings. The zero-order valence-corrected chi connectivity index (χ0v) is 10.3. The predicted octanol–water partition coefficient (Wildman–Crippen LogP) is 2.59. The summed E-state index contributed by atoms with van der Waals surface area (Å²) in [6.07, 6.45) is 3.68. The molecule has 0 atom stereocenters. The number of nitrogens with one attached hydrogen (secondary N) is 1. The Kier molecular flexibility index (Phi) is 3.66. The Morgan fingerprint density at radius 2 is 2.25 bits per heavy atom. The zero-order valence-electron chi connectivity index (χ0n) is 9.50. The third-order valence-electron chi connectivity index (χ3n) is 3.10. The molecular formula is C12H17ClN2O. The second-order valence-corrected chi connectivity index (χ2v) is 4.59. The van der Waals surface area contributed by atoms with Crippen molar-refractivity contribution >= 4 is 17.4 Å². The lowest BCUT2D eigenvalue weighted by atomic mass is 9.92. The molecule has 0 spiro atoms. The maximum Gasteiger partial charge on any atom is 0.129 e. The van der Waals surface area contributed by atoms with E-state index in [4.69, 9.17) is 16.3 Å². The van der Waals surface area contributed by atoms with E-state index >= 15 is 0 Å². The van der Waals surface area contributed by atoms with E-state index in [1.807, 2.05) is 6.07 Å². The second-order valence-electron chi connectivity index (χ2n) is 4.32. The van der Waals surface area contributed by atoms with Gasteiger partial charge in [-0.2, -0.15) is 0 Å². The Morgan fingerprint density at radius 1 is 1.50 bits per heavy atom. The molecule has 1 aromatic heterocycles. The molecule has 0 bridgehead atoms. The number of hydrogen-bond donors (Lipinski definition) is 1. The van der Waals surface area contributed by atoms with Gasteiger partial charge in [-0.05, 0) is 31.4 Å². The first-order valence-electron chi connectivity index (χ1n) is 5.59. The fraction of sp³-hybridized carbons (Fsp3) is 0.583. The van der Waals surface area contributed by atoms with Crippen molar-refractivity contribution in [2.75, 3.05) is 24.4 Å². The van der Waals surface area contributed by atoms with Crippen LogP contribution >= 0.6 is 11.6 Å².